The van der Waals surface area contributed by atoms with Crippen LogP contribution in [0.5, 0.6) is 0 Å². The van der Waals surface area contributed by atoms with E-state index < -0.39 is 0 Å². The number of fused-ring (bicyclic) bond motifs is 6. The minimum Gasteiger partial charge on any atom is -0.310 e. The van der Waals surface area contributed by atoms with Crippen LogP contribution in [0, 0.1) is 0 Å². The van der Waals surface area contributed by atoms with Crippen molar-refractivity contribution in [3.05, 3.63) is 212 Å². The van der Waals surface area contributed by atoms with Crippen LogP contribution in [0.2, 0.25) is 0 Å². The highest BCUT2D eigenvalue weighted by Gasteiger charge is 2.16. The Hall–Kier alpha value is -6.96. The van der Waals surface area contributed by atoms with Gasteiger partial charge in [-0.05, 0) is 125 Å². The summed E-state index contributed by atoms with van der Waals surface area (Å²) in [6, 6.07) is 77.3. The maximum Gasteiger partial charge on any atom is 0.0467 e. The smallest absolute Gasteiger partial charge is 0.0467 e. The van der Waals surface area contributed by atoms with E-state index in [0.29, 0.717) is 0 Å². The summed E-state index contributed by atoms with van der Waals surface area (Å²) in [7, 11) is 0. The molecule has 0 spiro atoms. The molecule has 0 heterocycles. The highest BCUT2D eigenvalue weighted by atomic mass is 15.1. The van der Waals surface area contributed by atoms with Gasteiger partial charge in [0.15, 0.2) is 0 Å². The quantitative estimate of drug-likeness (QED) is 0.159. The molecule has 53 heavy (non-hydrogen) atoms. The van der Waals surface area contributed by atoms with Crippen molar-refractivity contribution in [3.8, 4) is 33.4 Å². The minimum atomic E-state index is 1.11. The van der Waals surface area contributed by atoms with Crippen molar-refractivity contribution in [3.63, 3.8) is 0 Å². The van der Waals surface area contributed by atoms with E-state index in [4.69, 9.17) is 0 Å². The van der Waals surface area contributed by atoms with Crippen LogP contribution in [0.25, 0.3) is 76.5 Å². The molecule has 0 aliphatic rings. The molecule has 0 aromatic heterocycles. The Bertz CT molecular complexity index is 2940. The average molecular weight is 674 g/mol. The summed E-state index contributed by atoms with van der Waals surface area (Å²) >= 11 is 0. The van der Waals surface area contributed by atoms with Crippen LogP contribution in [0.15, 0.2) is 212 Å². The standard InChI is InChI=1S/C52H35N/c1-2-10-36(11-3-1)38-22-27-46(28-23-38)53(47-17-8-15-41(34-47)43-21-20-37-12-4-5-14-40(37)32-43)48-18-9-16-42(35-48)44-25-29-50-45(33-44)26-31-51-49-19-7-6-13-39(49)24-30-52(50)51/h1-35H. The Balaban J connectivity index is 1.08. The summed E-state index contributed by atoms with van der Waals surface area (Å²) in [6.45, 7) is 0. The molecule has 0 saturated heterocycles. The molecule has 0 unspecified atom stereocenters. The van der Waals surface area contributed by atoms with Gasteiger partial charge in [-0.25, -0.2) is 0 Å². The van der Waals surface area contributed by atoms with Gasteiger partial charge in [-0.15, -0.1) is 0 Å². The molecule has 0 aliphatic carbocycles. The third-order valence-electron chi connectivity index (χ3n) is 10.6. The van der Waals surface area contributed by atoms with Crippen molar-refractivity contribution in [2.75, 3.05) is 4.90 Å². The monoisotopic (exact) mass is 673 g/mol. The second kappa shape index (κ2) is 13.0. The lowest BCUT2D eigenvalue weighted by molar-refractivity contribution is 1.28. The fourth-order valence-corrected chi connectivity index (χ4v) is 7.91. The normalized spacial score (nSPS) is 11.4. The zero-order chi connectivity index (χ0) is 35.1. The number of benzene rings is 10. The number of nitrogens with zero attached hydrogens (tertiary/aromatic N) is 1. The predicted octanol–water partition coefficient (Wildman–Crippen LogP) is 14.8. The van der Waals surface area contributed by atoms with Gasteiger partial charge >= 0.3 is 0 Å². The second-order valence-corrected chi connectivity index (χ2v) is 13.8. The fourth-order valence-electron chi connectivity index (χ4n) is 7.91. The largest absolute Gasteiger partial charge is 0.310 e. The molecule has 1 heteroatoms. The van der Waals surface area contributed by atoms with Gasteiger partial charge in [0.1, 0.15) is 0 Å². The summed E-state index contributed by atoms with van der Waals surface area (Å²) in [4.78, 5) is 2.38. The highest BCUT2D eigenvalue weighted by molar-refractivity contribution is 6.17. The third kappa shape index (κ3) is 5.69. The summed E-state index contributed by atoms with van der Waals surface area (Å²) in [5.74, 6) is 0. The van der Waals surface area contributed by atoms with E-state index >= 15 is 0 Å². The zero-order valence-electron chi connectivity index (χ0n) is 29.2. The van der Waals surface area contributed by atoms with Crippen LogP contribution in [-0.4, -0.2) is 0 Å². The van der Waals surface area contributed by atoms with E-state index in [2.05, 4.69) is 217 Å². The Morgan fingerprint density at radius 2 is 0.660 bits per heavy atom. The molecule has 0 N–H and O–H groups in total. The molecule has 10 rings (SSSR count). The lowest BCUT2D eigenvalue weighted by atomic mass is 9.94. The number of hydrogen-bond donors (Lipinski definition) is 0. The predicted molar refractivity (Wildman–Crippen MR) is 227 cm³/mol. The number of rotatable bonds is 6. The van der Waals surface area contributed by atoms with Gasteiger partial charge < -0.3 is 4.90 Å². The number of hydrogen-bond acceptors (Lipinski definition) is 1. The molecule has 0 amide bonds. The lowest BCUT2D eigenvalue weighted by Gasteiger charge is -2.27. The average Bonchev–Trinajstić information content (AvgIpc) is 3.24. The van der Waals surface area contributed by atoms with Crippen molar-refractivity contribution in [1.29, 1.82) is 0 Å². The van der Waals surface area contributed by atoms with Gasteiger partial charge in [-0.3, -0.25) is 0 Å². The second-order valence-electron chi connectivity index (χ2n) is 13.8. The Kier molecular flexibility index (Phi) is 7.55. The zero-order valence-corrected chi connectivity index (χ0v) is 29.2. The first kappa shape index (κ1) is 30.8. The molecule has 0 atom stereocenters. The Morgan fingerprint density at radius 3 is 1.38 bits per heavy atom. The maximum atomic E-state index is 2.38. The Morgan fingerprint density at radius 1 is 0.208 bits per heavy atom. The molecule has 248 valence electrons. The van der Waals surface area contributed by atoms with Crippen LogP contribution in [0.3, 0.4) is 0 Å². The highest BCUT2D eigenvalue weighted by Crippen LogP contribution is 2.40. The van der Waals surface area contributed by atoms with Gasteiger partial charge in [0, 0.05) is 17.1 Å². The van der Waals surface area contributed by atoms with Crippen LogP contribution >= 0.6 is 0 Å². The molecule has 0 bridgehead atoms. The van der Waals surface area contributed by atoms with E-state index in [1.165, 1.54) is 76.5 Å². The van der Waals surface area contributed by atoms with Crippen molar-refractivity contribution >= 4 is 60.2 Å². The molecule has 0 radical (unpaired) electrons. The summed E-state index contributed by atoms with van der Waals surface area (Å²) < 4.78 is 0. The van der Waals surface area contributed by atoms with Gasteiger partial charge in [0.25, 0.3) is 0 Å². The summed E-state index contributed by atoms with van der Waals surface area (Å²) in [5.41, 5.74) is 10.5. The lowest BCUT2D eigenvalue weighted by Crippen LogP contribution is -2.10. The topological polar surface area (TPSA) is 3.24 Å². The molecule has 0 fully saturated rings. The van der Waals surface area contributed by atoms with Gasteiger partial charge in [0.2, 0.25) is 0 Å². The molecular formula is C52H35N. The van der Waals surface area contributed by atoms with E-state index in [1.54, 1.807) is 0 Å². The number of anilines is 3. The fraction of sp³-hybridized carbons (Fsp3) is 0. The van der Waals surface area contributed by atoms with Crippen molar-refractivity contribution in [2.24, 2.45) is 0 Å². The van der Waals surface area contributed by atoms with E-state index in [1.807, 2.05) is 0 Å². The van der Waals surface area contributed by atoms with Crippen LogP contribution in [0.1, 0.15) is 0 Å². The van der Waals surface area contributed by atoms with E-state index in [0.717, 1.165) is 17.1 Å². The van der Waals surface area contributed by atoms with Crippen LogP contribution in [-0.2, 0) is 0 Å². The first-order valence-electron chi connectivity index (χ1n) is 18.2. The van der Waals surface area contributed by atoms with Gasteiger partial charge in [-0.2, -0.15) is 0 Å². The van der Waals surface area contributed by atoms with Crippen molar-refractivity contribution in [1.82, 2.24) is 0 Å². The molecule has 0 aliphatic heterocycles. The minimum absolute atomic E-state index is 1.11. The van der Waals surface area contributed by atoms with Crippen molar-refractivity contribution in [2.45, 2.75) is 0 Å². The summed E-state index contributed by atoms with van der Waals surface area (Å²) in [6.07, 6.45) is 0. The molecule has 0 saturated carbocycles. The van der Waals surface area contributed by atoms with Crippen molar-refractivity contribution < 1.29 is 0 Å². The first-order chi connectivity index (χ1) is 26.2. The van der Waals surface area contributed by atoms with E-state index in [-0.39, 0.29) is 0 Å². The SMILES string of the molecule is c1ccc(-c2ccc(N(c3cccc(-c4ccc5ccccc5c4)c3)c3cccc(-c4ccc5c(ccc6c7ccccc7ccc56)c4)c3)cc2)cc1. The van der Waals surface area contributed by atoms with Gasteiger partial charge in [-0.1, -0.05) is 164 Å². The van der Waals surface area contributed by atoms with Gasteiger partial charge in [0.05, 0.1) is 0 Å². The molecule has 1 nitrogen and oxygen atoms in total. The summed E-state index contributed by atoms with van der Waals surface area (Å²) in [5, 5.41) is 10.2. The molecule has 10 aromatic rings. The Labute approximate surface area is 309 Å². The molecular weight excluding hydrogens is 639 g/mol. The van der Waals surface area contributed by atoms with E-state index in [9.17, 15) is 0 Å². The molecule has 10 aromatic carbocycles. The maximum absolute atomic E-state index is 2.38. The van der Waals surface area contributed by atoms with Crippen LogP contribution < -0.4 is 4.90 Å². The van der Waals surface area contributed by atoms with Crippen LogP contribution in [0.4, 0.5) is 17.1 Å². The first-order valence-corrected chi connectivity index (χ1v) is 18.2. The third-order valence-corrected chi connectivity index (χ3v) is 10.6.